The molecule has 0 aliphatic rings. The number of nitrogens with zero attached hydrogens (tertiary/aromatic N) is 3. The third kappa shape index (κ3) is 4.08. The highest BCUT2D eigenvalue weighted by Gasteiger charge is 2.18. The molecule has 0 radical (unpaired) electrons. The van der Waals surface area contributed by atoms with Crippen LogP contribution in [0.5, 0.6) is 5.75 Å². The fourth-order valence-corrected chi connectivity index (χ4v) is 3.03. The summed E-state index contributed by atoms with van der Waals surface area (Å²) in [5.41, 5.74) is 1.17. The summed E-state index contributed by atoms with van der Waals surface area (Å²) in [6.45, 7) is 0.336. The molecule has 2 aromatic carbocycles. The minimum absolute atomic E-state index is 0.0751. The highest BCUT2D eigenvalue weighted by Crippen LogP contribution is 2.20. The Morgan fingerprint density at radius 1 is 1.17 bits per heavy atom. The number of hydrogen-bond acceptors (Lipinski definition) is 5. The summed E-state index contributed by atoms with van der Waals surface area (Å²) in [6.07, 6.45) is 4.80. The Hall–Kier alpha value is -3.74. The highest BCUT2D eigenvalue weighted by atomic mass is 19.1. The molecule has 7 heteroatoms. The minimum atomic E-state index is -0.472. The maximum absolute atomic E-state index is 13.6. The van der Waals surface area contributed by atoms with Crippen molar-refractivity contribution in [3.8, 4) is 5.75 Å². The number of halogens is 1. The third-order valence-electron chi connectivity index (χ3n) is 4.48. The Morgan fingerprint density at radius 3 is 2.90 bits per heavy atom. The lowest BCUT2D eigenvalue weighted by Gasteiger charge is -2.17. The predicted octanol–water partition coefficient (Wildman–Crippen LogP) is 4.21. The molecule has 0 unspecified atom stereocenters. The minimum Gasteiger partial charge on any atom is -0.481 e. The Bertz CT molecular complexity index is 1150. The summed E-state index contributed by atoms with van der Waals surface area (Å²) in [4.78, 5) is 22.6. The van der Waals surface area contributed by atoms with Crippen molar-refractivity contribution in [1.29, 1.82) is 0 Å². The van der Waals surface area contributed by atoms with Gasteiger partial charge in [-0.05, 0) is 29.1 Å². The van der Waals surface area contributed by atoms with E-state index in [-0.39, 0.29) is 29.8 Å². The summed E-state index contributed by atoms with van der Waals surface area (Å²) in [7, 11) is 1.70. The number of fused-ring (bicyclic) bond motifs is 1. The number of benzene rings is 2. The number of carbonyl (C=O) groups excluding carboxylic acids is 1. The van der Waals surface area contributed by atoms with Gasteiger partial charge in [-0.3, -0.25) is 9.78 Å². The highest BCUT2D eigenvalue weighted by molar-refractivity contribution is 5.92. The molecule has 4 aromatic rings. The molecule has 0 aliphatic carbocycles. The smallest absolute Gasteiger partial charge is 0.275 e. The van der Waals surface area contributed by atoms with Gasteiger partial charge in [0, 0.05) is 31.4 Å². The van der Waals surface area contributed by atoms with Crippen LogP contribution in [0.4, 0.5) is 4.39 Å². The van der Waals surface area contributed by atoms with Gasteiger partial charge in [-0.2, -0.15) is 0 Å². The third-order valence-corrected chi connectivity index (χ3v) is 4.48. The van der Waals surface area contributed by atoms with Gasteiger partial charge in [0.05, 0.1) is 0 Å². The van der Waals surface area contributed by atoms with Crippen molar-refractivity contribution in [1.82, 2.24) is 14.9 Å². The van der Waals surface area contributed by atoms with Crippen molar-refractivity contribution in [2.75, 3.05) is 7.05 Å². The second-order valence-electron chi connectivity index (χ2n) is 6.52. The van der Waals surface area contributed by atoms with Crippen LogP contribution in [0.2, 0.25) is 0 Å². The topological polar surface area (TPSA) is 68.5 Å². The number of oxazole rings is 1. The molecule has 29 heavy (non-hydrogen) atoms. The zero-order chi connectivity index (χ0) is 20.2. The molecule has 4 rings (SSSR count). The van der Waals surface area contributed by atoms with Gasteiger partial charge in [0.1, 0.15) is 6.26 Å². The number of rotatable bonds is 6. The Morgan fingerprint density at radius 2 is 2.03 bits per heavy atom. The molecule has 2 heterocycles. The number of amides is 1. The first-order chi connectivity index (χ1) is 14.1. The van der Waals surface area contributed by atoms with Gasteiger partial charge in [-0.1, -0.05) is 30.3 Å². The first kappa shape index (κ1) is 18.6. The van der Waals surface area contributed by atoms with E-state index in [2.05, 4.69) is 9.97 Å². The summed E-state index contributed by atoms with van der Waals surface area (Å²) >= 11 is 0. The lowest BCUT2D eigenvalue weighted by molar-refractivity contribution is 0.0779. The number of hydrogen-bond donors (Lipinski definition) is 0. The van der Waals surface area contributed by atoms with Crippen molar-refractivity contribution >= 4 is 16.7 Å². The number of pyridine rings is 1. The van der Waals surface area contributed by atoms with Crippen molar-refractivity contribution in [3.05, 3.63) is 90.2 Å². The molecule has 146 valence electrons. The first-order valence-electron chi connectivity index (χ1n) is 9.00. The van der Waals surface area contributed by atoms with Crippen molar-refractivity contribution < 1.29 is 18.3 Å². The monoisotopic (exact) mass is 391 g/mol. The van der Waals surface area contributed by atoms with Gasteiger partial charge in [0.25, 0.3) is 5.91 Å². The second-order valence-corrected chi connectivity index (χ2v) is 6.52. The lowest BCUT2D eigenvalue weighted by Crippen LogP contribution is -2.26. The van der Waals surface area contributed by atoms with Gasteiger partial charge in [0.2, 0.25) is 5.89 Å². The largest absolute Gasteiger partial charge is 0.481 e. The van der Waals surface area contributed by atoms with Crippen LogP contribution >= 0.6 is 0 Å². The first-order valence-corrected chi connectivity index (χ1v) is 9.00. The normalized spacial score (nSPS) is 10.8. The molecule has 2 aromatic heterocycles. The zero-order valence-corrected chi connectivity index (χ0v) is 15.7. The molecule has 0 atom stereocenters. The standard InChI is InChI=1S/C22H18FN3O3/c1-26(12-16-6-4-5-15-11-24-10-9-17(15)16)22(27)19-13-29-21(25-19)14-28-20-8-3-2-7-18(20)23/h2-11,13H,12,14H2,1H3. The number of ether oxygens (including phenoxy) is 1. The molecule has 6 nitrogen and oxygen atoms in total. The van der Waals surface area contributed by atoms with E-state index in [1.165, 1.54) is 18.4 Å². The van der Waals surface area contributed by atoms with Crippen LogP contribution in [-0.2, 0) is 13.2 Å². The zero-order valence-electron chi connectivity index (χ0n) is 15.7. The summed E-state index contributed by atoms with van der Waals surface area (Å²) < 4.78 is 24.3. The van der Waals surface area contributed by atoms with Gasteiger partial charge >= 0.3 is 0 Å². The van der Waals surface area contributed by atoms with Crippen LogP contribution in [0, 0.1) is 5.82 Å². The second kappa shape index (κ2) is 8.10. The van der Waals surface area contributed by atoms with Crippen molar-refractivity contribution in [2.24, 2.45) is 0 Å². The molecule has 0 saturated carbocycles. The van der Waals surface area contributed by atoms with Crippen molar-refractivity contribution in [2.45, 2.75) is 13.2 Å². The molecular weight excluding hydrogens is 373 g/mol. The van der Waals surface area contributed by atoms with Crippen LogP contribution in [-0.4, -0.2) is 27.8 Å². The van der Waals surface area contributed by atoms with E-state index in [0.29, 0.717) is 6.54 Å². The van der Waals surface area contributed by atoms with E-state index in [1.807, 2.05) is 24.3 Å². The lowest BCUT2D eigenvalue weighted by atomic mass is 10.1. The fourth-order valence-electron chi connectivity index (χ4n) is 3.03. The van der Waals surface area contributed by atoms with E-state index in [4.69, 9.17) is 9.15 Å². The number of para-hydroxylation sites is 1. The molecule has 0 spiro atoms. The Kier molecular flexibility index (Phi) is 5.20. The number of aromatic nitrogens is 2. The molecule has 1 amide bonds. The molecule has 0 aliphatic heterocycles. The van der Waals surface area contributed by atoms with Crippen LogP contribution in [0.3, 0.4) is 0 Å². The van der Waals surface area contributed by atoms with Crippen LogP contribution in [0.1, 0.15) is 21.9 Å². The van der Waals surface area contributed by atoms with E-state index in [0.717, 1.165) is 16.3 Å². The molecule has 0 N–H and O–H groups in total. The van der Waals surface area contributed by atoms with Gasteiger partial charge < -0.3 is 14.1 Å². The Balaban J connectivity index is 1.43. The average Bonchev–Trinajstić information content (AvgIpc) is 3.22. The van der Waals surface area contributed by atoms with Crippen LogP contribution < -0.4 is 4.74 Å². The SMILES string of the molecule is CN(Cc1cccc2cnccc12)C(=O)c1coc(COc2ccccc2F)n1. The van der Waals surface area contributed by atoms with Gasteiger partial charge in [0.15, 0.2) is 23.9 Å². The van der Waals surface area contributed by atoms with Crippen LogP contribution in [0.15, 0.2) is 71.6 Å². The number of carbonyl (C=O) groups is 1. The van der Waals surface area contributed by atoms with E-state index >= 15 is 0 Å². The molecular formula is C22H18FN3O3. The van der Waals surface area contributed by atoms with Crippen molar-refractivity contribution in [3.63, 3.8) is 0 Å². The van der Waals surface area contributed by atoms with E-state index < -0.39 is 5.82 Å². The average molecular weight is 391 g/mol. The quantitative estimate of drug-likeness (QED) is 0.492. The van der Waals surface area contributed by atoms with E-state index in [9.17, 15) is 9.18 Å². The van der Waals surface area contributed by atoms with Gasteiger partial charge in [-0.15, -0.1) is 0 Å². The van der Waals surface area contributed by atoms with Crippen LogP contribution in [0.25, 0.3) is 10.8 Å². The summed E-state index contributed by atoms with van der Waals surface area (Å²) in [5, 5.41) is 2.06. The summed E-state index contributed by atoms with van der Waals surface area (Å²) in [6, 6.07) is 13.9. The fraction of sp³-hybridized carbons (Fsp3) is 0.136. The molecule has 0 bridgehead atoms. The molecule has 0 fully saturated rings. The summed E-state index contributed by atoms with van der Waals surface area (Å²) in [5.74, 6) is -0.459. The van der Waals surface area contributed by atoms with Gasteiger partial charge in [-0.25, -0.2) is 9.37 Å². The Labute approximate surface area is 166 Å². The van der Waals surface area contributed by atoms with E-state index in [1.54, 1.807) is 36.5 Å². The molecule has 0 saturated heterocycles. The predicted molar refractivity (Wildman–Crippen MR) is 105 cm³/mol. The maximum Gasteiger partial charge on any atom is 0.275 e. The maximum atomic E-state index is 13.6.